The first kappa shape index (κ1) is 21.9. The first-order valence-corrected chi connectivity index (χ1v) is 12.0. The molecule has 0 saturated heterocycles. The lowest BCUT2D eigenvalue weighted by atomic mass is 9.87. The Labute approximate surface area is 184 Å². The topological polar surface area (TPSA) is 166 Å². The average molecular weight is 459 g/mol. The summed E-state index contributed by atoms with van der Waals surface area (Å²) in [5.74, 6) is 0.0207. The van der Waals surface area contributed by atoms with Crippen LogP contribution in [0.15, 0.2) is 27.9 Å². The van der Waals surface area contributed by atoms with Crippen molar-refractivity contribution in [2.45, 2.75) is 44.6 Å². The van der Waals surface area contributed by atoms with Gasteiger partial charge in [0.1, 0.15) is 5.69 Å². The van der Waals surface area contributed by atoms with Gasteiger partial charge >= 0.3 is 0 Å². The molecular formula is C21H26N6O4S. The highest BCUT2D eigenvalue weighted by atomic mass is 32.2. The minimum atomic E-state index is -3.70. The minimum absolute atomic E-state index is 0.0157. The molecule has 2 heterocycles. The van der Waals surface area contributed by atoms with Gasteiger partial charge in [-0.15, -0.1) is 0 Å². The lowest BCUT2D eigenvalue weighted by Crippen LogP contribution is -2.30. The van der Waals surface area contributed by atoms with Crippen LogP contribution in [-0.2, 0) is 21.2 Å². The summed E-state index contributed by atoms with van der Waals surface area (Å²) in [7, 11) is -3.70. The number of carbonyl (C=O) groups is 1. The zero-order valence-electron chi connectivity index (χ0n) is 17.9. The number of hydrogen-bond donors (Lipinski definition) is 4. The molecule has 0 aliphatic heterocycles. The molecule has 0 bridgehead atoms. The van der Waals surface area contributed by atoms with E-state index in [1.54, 1.807) is 19.1 Å². The average Bonchev–Trinajstić information content (AvgIpc) is 3.07. The fourth-order valence-electron chi connectivity index (χ4n) is 4.09. The highest BCUT2D eigenvalue weighted by molar-refractivity contribution is 7.91. The maximum atomic E-state index is 13.4. The molecule has 1 aliphatic rings. The highest BCUT2D eigenvalue weighted by Gasteiger charge is 2.29. The summed E-state index contributed by atoms with van der Waals surface area (Å²) in [6.07, 6.45) is 2.75. The number of aromatic nitrogens is 3. The Balaban J connectivity index is 1.93. The van der Waals surface area contributed by atoms with E-state index in [1.807, 2.05) is 0 Å². The van der Waals surface area contributed by atoms with Gasteiger partial charge in [0, 0.05) is 19.2 Å². The molecule has 1 aromatic carbocycles. The van der Waals surface area contributed by atoms with E-state index in [0.717, 1.165) is 19.3 Å². The third-order valence-electron chi connectivity index (χ3n) is 5.97. The molecule has 1 amide bonds. The number of nitrogens with zero attached hydrogens (tertiary/aromatic N) is 2. The van der Waals surface area contributed by atoms with Gasteiger partial charge in [0.2, 0.25) is 5.91 Å². The quantitative estimate of drug-likeness (QED) is 0.433. The number of aryl methyl sites for hydroxylation is 1. The molecule has 3 aromatic rings. The summed E-state index contributed by atoms with van der Waals surface area (Å²) in [5, 5.41) is 10.0. The molecule has 6 N–H and O–H groups in total. The summed E-state index contributed by atoms with van der Waals surface area (Å²) < 4.78 is 27.3. The lowest BCUT2D eigenvalue weighted by molar-refractivity contribution is -0.119. The number of hydrogen-bond acceptors (Lipinski definition) is 7. The summed E-state index contributed by atoms with van der Waals surface area (Å²) in [6, 6.07) is 4.93. The molecule has 0 unspecified atom stereocenters. The number of H-pyrrole nitrogens is 1. The SMILES string of the molecule is CC(=O)NCc1ccc2[nH]nc(N)c2c1-n1c(C)cc(S(=O)(=O)CC2CCC2)c(N)c1=O. The monoisotopic (exact) mass is 458 g/mol. The second kappa shape index (κ2) is 7.97. The number of anilines is 2. The molecule has 1 saturated carbocycles. The van der Waals surface area contributed by atoms with Crippen LogP contribution >= 0.6 is 0 Å². The third kappa shape index (κ3) is 3.72. The number of fused-ring (bicyclic) bond motifs is 1. The van der Waals surface area contributed by atoms with E-state index in [9.17, 15) is 18.0 Å². The van der Waals surface area contributed by atoms with E-state index < -0.39 is 15.4 Å². The number of aromatic amines is 1. The van der Waals surface area contributed by atoms with Crippen molar-refractivity contribution in [3.63, 3.8) is 0 Å². The van der Waals surface area contributed by atoms with Crippen LogP contribution in [0.4, 0.5) is 11.5 Å². The van der Waals surface area contributed by atoms with Crippen molar-refractivity contribution in [2.24, 2.45) is 5.92 Å². The van der Waals surface area contributed by atoms with Gasteiger partial charge in [-0.05, 0) is 43.4 Å². The minimum Gasteiger partial charge on any atom is -0.393 e. The lowest BCUT2D eigenvalue weighted by Gasteiger charge is -2.25. The number of amides is 1. The molecule has 1 aliphatic carbocycles. The van der Waals surface area contributed by atoms with Gasteiger partial charge in [-0.25, -0.2) is 8.42 Å². The Hall–Kier alpha value is -3.34. The molecule has 0 atom stereocenters. The number of rotatable bonds is 6. The normalized spacial score (nSPS) is 14.4. The second-order valence-corrected chi connectivity index (χ2v) is 10.3. The fourth-order valence-corrected chi connectivity index (χ4v) is 6.00. The molecular weight excluding hydrogens is 432 g/mol. The molecule has 1 fully saturated rings. The molecule has 2 aromatic heterocycles. The zero-order valence-corrected chi connectivity index (χ0v) is 18.8. The van der Waals surface area contributed by atoms with Crippen molar-refractivity contribution in [3.05, 3.63) is 39.8 Å². The zero-order chi connectivity index (χ0) is 23.2. The Bertz CT molecular complexity index is 1390. The Morgan fingerprint density at radius 2 is 2.03 bits per heavy atom. The van der Waals surface area contributed by atoms with Gasteiger partial charge in [0.15, 0.2) is 15.7 Å². The van der Waals surface area contributed by atoms with Crippen molar-refractivity contribution in [2.75, 3.05) is 17.2 Å². The van der Waals surface area contributed by atoms with Crippen LogP contribution in [0.5, 0.6) is 0 Å². The van der Waals surface area contributed by atoms with Gasteiger partial charge in [-0.2, -0.15) is 5.10 Å². The molecule has 4 rings (SSSR count). The largest absolute Gasteiger partial charge is 0.393 e. The highest BCUT2D eigenvalue weighted by Crippen LogP contribution is 2.33. The molecule has 10 nitrogen and oxygen atoms in total. The maximum absolute atomic E-state index is 13.4. The summed E-state index contributed by atoms with van der Waals surface area (Å²) in [6.45, 7) is 3.17. The Kier molecular flexibility index (Phi) is 5.45. The van der Waals surface area contributed by atoms with E-state index in [-0.39, 0.29) is 40.5 Å². The van der Waals surface area contributed by atoms with Crippen molar-refractivity contribution < 1.29 is 13.2 Å². The van der Waals surface area contributed by atoms with E-state index >= 15 is 0 Å². The number of nitrogen functional groups attached to an aromatic ring is 2. The van der Waals surface area contributed by atoms with Crippen LogP contribution in [0.25, 0.3) is 16.6 Å². The summed E-state index contributed by atoms with van der Waals surface area (Å²) in [5.41, 5.74) is 13.2. The molecule has 11 heteroatoms. The predicted octanol–water partition coefficient (Wildman–Crippen LogP) is 1.40. The van der Waals surface area contributed by atoms with Crippen LogP contribution in [-0.4, -0.2) is 34.8 Å². The van der Waals surface area contributed by atoms with Crippen LogP contribution in [0.2, 0.25) is 0 Å². The van der Waals surface area contributed by atoms with Gasteiger partial charge in [0.25, 0.3) is 5.56 Å². The summed E-state index contributed by atoms with van der Waals surface area (Å²) >= 11 is 0. The smallest absolute Gasteiger partial charge is 0.279 e. The van der Waals surface area contributed by atoms with Crippen LogP contribution < -0.4 is 22.3 Å². The second-order valence-electron chi connectivity index (χ2n) is 8.30. The molecule has 0 radical (unpaired) electrons. The molecule has 0 spiro atoms. The third-order valence-corrected chi connectivity index (χ3v) is 7.89. The first-order chi connectivity index (χ1) is 15.1. The van der Waals surface area contributed by atoms with Gasteiger partial charge in [0.05, 0.1) is 27.2 Å². The maximum Gasteiger partial charge on any atom is 0.279 e. The van der Waals surface area contributed by atoms with Crippen LogP contribution in [0, 0.1) is 12.8 Å². The van der Waals surface area contributed by atoms with E-state index in [0.29, 0.717) is 27.8 Å². The first-order valence-electron chi connectivity index (χ1n) is 10.3. The van der Waals surface area contributed by atoms with Crippen LogP contribution in [0.1, 0.15) is 37.4 Å². The fraction of sp³-hybridized carbons (Fsp3) is 0.381. The predicted molar refractivity (Wildman–Crippen MR) is 122 cm³/mol. The van der Waals surface area contributed by atoms with Gasteiger partial charge in [-0.3, -0.25) is 19.3 Å². The van der Waals surface area contributed by atoms with Crippen molar-refractivity contribution >= 4 is 38.2 Å². The van der Waals surface area contributed by atoms with Crippen LogP contribution in [0.3, 0.4) is 0 Å². The Morgan fingerprint density at radius 1 is 1.31 bits per heavy atom. The van der Waals surface area contributed by atoms with E-state index in [1.165, 1.54) is 17.6 Å². The number of nitrogens with one attached hydrogen (secondary N) is 2. The van der Waals surface area contributed by atoms with Crippen molar-refractivity contribution in [1.29, 1.82) is 0 Å². The number of pyridine rings is 1. The van der Waals surface area contributed by atoms with Gasteiger partial charge < -0.3 is 16.8 Å². The van der Waals surface area contributed by atoms with Crippen molar-refractivity contribution in [3.8, 4) is 5.69 Å². The van der Waals surface area contributed by atoms with E-state index in [2.05, 4.69) is 15.5 Å². The number of nitrogens with two attached hydrogens (primary N) is 2. The number of carbonyl (C=O) groups excluding carboxylic acids is 1. The molecule has 170 valence electrons. The van der Waals surface area contributed by atoms with E-state index in [4.69, 9.17) is 11.5 Å². The standard InChI is InChI=1S/C21H26N6O4S/c1-11-8-16(32(30,31)10-13-4-3-5-13)18(22)21(29)27(11)19-14(9-24-12(2)28)6-7-15-17(19)20(23)26-25-15/h6-8,13H,3-5,9-10,22H2,1-2H3,(H,24,28)(H3,23,25,26). The number of benzene rings is 1. The Morgan fingerprint density at radius 3 is 2.66 bits per heavy atom. The molecule has 32 heavy (non-hydrogen) atoms. The van der Waals surface area contributed by atoms with Gasteiger partial charge in [-0.1, -0.05) is 12.5 Å². The number of sulfone groups is 1. The van der Waals surface area contributed by atoms with Crippen molar-refractivity contribution in [1.82, 2.24) is 20.1 Å². The summed E-state index contributed by atoms with van der Waals surface area (Å²) in [4.78, 5) is 24.8.